The molecule has 0 aliphatic rings. The molecule has 2 N–H and O–H groups in total. The highest BCUT2D eigenvalue weighted by Gasteiger charge is 2.28. The minimum atomic E-state index is -0.837. The molecule has 4 heteroatoms. The van der Waals surface area contributed by atoms with Gasteiger partial charge in [-0.15, -0.1) is 0 Å². The van der Waals surface area contributed by atoms with Gasteiger partial charge in [-0.25, -0.2) is 0 Å². The van der Waals surface area contributed by atoms with Gasteiger partial charge in [0.25, 0.3) is 0 Å². The maximum Gasteiger partial charge on any atom is 0.244 e. The van der Waals surface area contributed by atoms with E-state index in [-0.39, 0.29) is 17.7 Å². The number of likely N-dealkylation sites (N-methyl/N-ethyl adjacent to an activating group) is 1. The second-order valence-electron chi connectivity index (χ2n) is 3.85. The second-order valence-corrected chi connectivity index (χ2v) is 3.85. The van der Waals surface area contributed by atoms with Gasteiger partial charge < -0.3 is 10.6 Å². The van der Waals surface area contributed by atoms with Crippen molar-refractivity contribution >= 4 is 11.8 Å². The molecule has 0 rings (SSSR count). The van der Waals surface area contributed by atoms with Crippen LogP contribution < -0.4 is 10.6 Å². The van der Waals surface area contributed by atoms with E-state index in [4.69, 9.17) is 0 Å². The summed E-state index contributed by atoms with van der Waals surface area (Å²) in [6, 6.07) is 0. The Morgan fingerprint density at radius 3 is 2.00 bits per heavy atom. The molecule has 0 heterocycles. The van der Waals surface area contributed by atoms with Crippen molar-refractivity contribution in [2.45, 2.75) is 33.2 Å². The van der Waals surface area contributed by atoms with Crippen molar-refractivity contribution in [2.24, 2.45) is 5.92 Å². The molecule has 13 heavy (non-hydrogen) atoms. The molecule has 0 aromatic rings. The highest BCUT2D eigenvalue weighted by atomic mass is 16.2. The van der Waals surface area contributed by atoms with Crippen molar-refractivity contribution < 1.29 is 9.59 Å². The maximum atomic E-state index is 11.3. The van der Waals surface area contributed by atoms with Crippen LogP contribution in [-0.4, -0.2) is 24.4 Å². The van der Waals surface area contributed by atoms with Crippen molar-refractivity contribution in [3.8, 4) is 0 Å². The number of rotatable bonds is 3. The van der Waals surface area contributed by atoms with Crippen LogP contribution in [0.15, 0.2) is 0 Å². The summed E-state index contributed by atoms with van der Waals surface area (Å²) in [5, 5.41) is 5.15. The van der Waals surface area contributed by atoms with E-state index in [0.717, 1.165) is 0 Å². The van der Waals surface area contributed by atoms with Crippen LogP contribution in [0.4, 0.5) is 0 Å². The smallest absolute Gasteiger partial charge is 0.244 e. The lowest BCUT2D eigenvalue weighted by molar-refractivity contribution is -0.133. The Kier molecular flexibility index (Phi) is 3.91. The normalized spacial score (nSPS) is 11.2. The number of nitrogens with one attached hydrogen (secondary N) is 2. The van der Waals surface area contributed by atoms with Gasteiger partial charge in [-0.2, -0.15) is 0 Å². The fraction of sp³-hybridized carbons (Fsp3) is 0.778. The third kappa shape index (κ3) is 3.44. The molecule has 0 aliphatic carbocycles. The first-order chi connectivity index (χ1) is 5.81. The standard InChI is InChI=1S/C9H18N2O2/c1-6(2)7(12)11-9(3,4)8(13)10-5/h6H,1-5H3,(H,10,13)(H,11,12). The molecule has 0 unspecified atom stereocenters. The van der Waals surface area contributed by atoms with Crippen molar-refractivity contribution in [1.29, 1.82) is 0 Å². The number of amides is 2. The Bertz CT molecular complexity index is 210. The quantitative estimate of drug-likeness (QED) is 0.665. The molecule has 2 amide bonds. The van der Waals surface area contributed by atoms with Gasteiger partial charge in [-0.05, 0) is 13.8 Å². The van der Waals surface area contributed by atoms with E-state index >= 15 is 0 Å². The highest BCUT2D eigenvalue weighted by molar-refractivity contribution is 5.90. The van der Waals surface area contributed by atoms with Gasteiger partial charge in [-0.1, -0.05) is 13.8 Å². The number of hydrogen-bond donors (Lipinski definition) is 2. The Hall–Kier alpha value is -1.06. The van der Waals surface area contributed by atoms with Crippen LogP contribution in [0.1, 0.15) is 27.7 Å². The van der Waals surface area contributed by atoms with Crippen LogP contribution in [0.25, 0.3) is 0 Å². The average Bonchev–Trinajstić information content (AvgIpc) is 2.01. The first kappa shape index (κ1) is 11.9. The molecule has 0 saturated carbocycles. The lowest BCUT2D eigenvalue weighted by Gasteiger charge is -2.25. The molecule has 76 valence electrons. The van der Waals surface area contributed by atoms with Crippen LogP contribution in [0.3, 0.4) is 0 Å². The van der Waals surface area contributed by atoms with E-state index in [0.29, 0.717) is 0 Å². The van der Waals surface area contributed by atoms with E-state index in [1.165, 1.54) is 0 Å². The van der Waals surface area contributed by atoms with Crippen LogP contribution in [0, 0.1) is 5.92 Å². The number of carbonyl (C=O) groups excluding carboxylic acids is 2. The van der Waals surface area contributed by atoms with Gasteiger partial charge >= 0.3 is 0 Å². The van der Waals surface area contributed by atoms with E-state index in [1.54, 1.807) is 34.7 Å². The van der Waals surface area contributed by atoms with Crippen LogP contribution in [0.2, 0.25) is 0 Å². The molecule has 0 spiro atoms. The van der Waals surface area contributed by atoms with Gasteiger partial charge in [-0.3, -0.25) is 9.59 Å². The third-order valence-corrected chi connectivity index (χ3v) is 1.75. The molecular weight excluding hydrogens is 168 g/mol. The van der Waals surface area contributed by atoms with E-state index in [1.807, 2.05) is 0 Å². The fourth-order valence-corrected chi connectivity index (χ4v) is 0.822. The summed E-state index contributed by atoms with van der Waals surface area (Å²) in [4.78, 5) is 22.6. The molecule has 4 nitrogen and oxygen atoms in total. The molecule has 0 atom stereocenters. The number of hydrogen-bond acceptors (Lipinski definition) is 2. The Morgan fingerprint density at radius 1 is 1.23 bits per heavy atom. The predicted molar refractivity (Wildman–Crippen MR) is 51.1 cm³/mol. The first-order valence-electron chi connectivity index (χ1n) is 4.35. The number of carbonyl (C=O) groups is 2. The summed E-state index contributed by atoms with van der Waals surface area (Å²) < 4.78 is 0. The largest absolute Gasteiger partial charge is 0.357 e. The van der Waals surface area contributed by atoms with Crippen molar-refractivity contribution in [3.05, 3.63) is 0 Å². The minimum Gasteiger partial charge on any atom is -0.357 e. The highest BCUT2D eigenvalue weighted by Crippen LogP contribution is 2.04. The zero-order valence-electron chi connectivity index (χ0n) is 8.89. The molecule has 0 fully saturated rings. The predicted octanol–water partition coefficient (Wildman–Crippen LogP) is 0.283. The summed E-state index contributed by atoms with van der Waals surface area (Å²) >= 11 is 0. The van der Waals surface area contributed by atoms with Crippen LogP contribution in [0.5, 0.6) is 0 Å². The van der Waals surface area contributed by atoms with Crippen molar-refractivity contribution in [2.75, 3.05) is 7.05 Å². The van der Waals surface area contributed by atoms with Gasteiger partial charge in [0.15, 0.2) is 0 Å². The average molecular weight is 186 g/mol. The zero-order chi connectivity index (χ0) is 10.6. The molecule has 0 aromatic carbocycles. The lowest BCUT2D eigenvalue weighted by Crippen LogP contribution is -2.54. The van der Waals surface area contributed by atoms with Crippen molar-refractivity contribution in [1.82, 2.24) is 10.6 Å². The molecule has 0 radical (unpaired) electrons. The fourth-order valence-electron chi connectivity index (χ4n) is 0.822. The SMILES string of the molecule is CNC(=O)C(C)(C)NC(=O)C(C)C. The second kappa shape index (κ2) is 4.25. The molecular formula is C9H18N2O2. The lowest BCUT2D eigenvalue weighted by atomic mass is 10.0. The minimum absolute atomic E-state index is 0.107. The summed E-state index contributed by atoms with van der Waals surface area (Å²) in [7, 11) is 1.55. The zero-order valence-corrected chi connectivity index (χ0v) is 8.89. The molecule has 0 aliphatic heterocycles. The van der Waals surface area contributed by atoms with Gasteiger partial charge in [0, 0.05) is 13.0 Å². The third-order valence-electron chi connectivity index (χ3n) is 1.75. The molecule has 0 aromatic heterocycles. The molecule has 0 bridgehead atoms. The van der Waals surface area contributed by atoms with Gasteiger partial charge in [0.2, 0.25) is 11.8 Å². The first-order valence-corrected chi connectivity index (χ1v) is 4.35. The summed E-state index contributed by atoms with van der Waals surface area (Å²) in [6.07, 6.45) is 0. The van der Waals surface area contributed by atoms with E-state index in [2.05, 4.69) is 10.6 Å². The van der Waals surface area contributed by atoms with Gasteiger partial charge in [0.1, 0.15) is 5.54 Å². The van der Waals surface area contributed by atoms with Crippen LogP contribution >= 0.6 is 0 Å². The summed E-state index contributed by atoms with van der Waals surface area (Å²) in [5.41, 5.74) is -0.837. The Balaban J connectivity index is 4.33. The summed E-state index contributed by atoms with van der Waals surface area (Å²) in [6.45, 7) is 6.92. The topological polar surface area (TPSA) is 58.2 Å². The maximum absolute atomic E-state index is 11.3. The van der Waals surface area contributed by atoms with Crippen LogP contribution in [-0.2, 0) is 9.59 Å². The summed E-state index contributed by atoms with van der Waals surface area (Å²) in [5.74, 6) is -0.418. The Labute approximate surface area is 79.1 Å². The van der Waals surface area contributed by atoms with E-state index < -0.39 is 5.54 Å². The Morgan fingerprint density at radius 2 is 1.69 bits per heavy atom. The van der Waals surface area contributed by atoms with Crippen molar-refractivity contribution in [3.63, 3.8) is 0 Å². The monoisotopic (exact) mass is 186 g/mol. The van der Waals surface area contributed by atoms with E-state index in [9.17, 15) is 9.59 Å². The molecule has 0 saturated heterocycles. The van der Waals surface area contributed by atoms with Gasteiger partial charge in [0.05, 0.1) is 0 Å².